The van der Waals surface area contributed by atoms with Crippen molar-refractivity contribution in [2.24, 2.45) is 0 Å². The average molecular weight is 280 g/mol. The molecule has 0 saturated carbocycles. The van der Waals surface area contributed by atoms with Gasteiger partial charge >= 0.3 is 0 Å². The molecule has 1 aromatic carbocycles. The summed E-state index contributed by atoms with van der Waals surface area (Å²) in [7, 11) is 0. The van der Waals surface area contributed by atoms with Gasteiger partial charge in [-0.25, -0.2) is 0 Å². The Kier molecular flexibility index (Phi) is 4.26. The van der Waals surface area contributed by atoms with E-state index in [-0.39, 0.29) is 43.6 Å². The molecule has 0 radical (unpaired) electrons. The maximum atomic E-state index is 11.2. The van der Waals surface area contributed by atoms with Crippen molar-refractivity contribution in [2.75, 3.05) is 13.2 Å². The van der Waals surface area contributed by atoms with E-state index in [1.165, 1.54) is 18.2 Å². The van der Waals surface area contributed by atoms with Crippen LogP contribution in [-0.2, 0) is 14.4 Å². The third-order valence-electron chi connectivity index (χ3n) is 2.61. The van der Waals surface area contributed by atoms with E-state index in [0.29, 0.717) is 5.75 Å². The zero-order valence-corrected chi connectivity index (χ0v) is 10.5. The van der Waals surface area contributed by atoms with Gasteiger partial charge in [0.1, 0.15) is 19.0 Å². The van der Waals surface area contributed by atoms with Gasteiger partial charge in [-0.2, -0.15) is 5.06 Å². The molecule has 8 nitrogen and oxygen atoms in total. The first-order chi connectivity index (χ1) is 9.58. The number of rotatable bonds is 6. The summed E-state index contributed by atoms with van der Waals surface area (Å²) in [6.45, 7) is 0.0679. The number of hydrogen-bond acceptors (Lipinski definition) is 6. The highest BCUT2D eigenvalue weighted by atomic mass is 16.7. The van der Waals surface area contributed by atoms with Crippen LogP contribution in [0.4, 0.5) is 5.69 Å². The maximum Gasteiger partial charge on any atom is 0.273 e. The summed E-state index contributed by atoms with van der Waals surface area (Å²) in [6.07, 6.45) is 0.315. The predicted octanol–water partition coefficient (Wildman–Crippen LogP) is 1.05. The second-order valence-corrected chi connectivity index (χ2v) is 4.02. The number of imide groups is 1. The molecule has 8 heteroatoms. The van der Waals surface area contributed by atoms with Crippen molar-refractivity contribution >= 4 is 17.5 Å². The van der Waals surface area contributed by atoms with Crippen LogP contribution in [0.25, 0.3) is 0 Å². The SMILES string of the molecule is O=C1CCC(=O)N1OCCOc1cccc([N+](=O)[O-])c1. The maximum absolute atomic E-state index is 11.2. The minimum atomic E-state index is -0.523. The Balaban J connectivity index is 1.78. The first-order valence-corrected chi connectivity index (χ1v) is 5.94. The number of hydroxylamine groups is 2. The molecule has 0 bridgehead atoms. The van der Waals surface area contributed by atoms with E-state index in [2.05, 4.69) is 0 Å². The molecular weight excluding hydrogens is 268 g/mol. The molecule has 1 aliphatic heterocycles. The molecule has 0 atom stereocenters. The molecule has 0 aromatic heterocycles. The fraction of sp³-hybridized carbons (Fsp3) is 0.333. The van der Waals surface area contributed by atoms with Crippen LogP contribution in [0, 0.1) is 10.1 Å². The minimum Gasteiger partial charge on any atom is -0.491 e. The molecular formula is C12H12N2O6. The lowest BCUT2D eigenvalue weighted by atomic mass is 10.3. The van der Waals surface area contributed by atoms with Crippen molar-refractivity contribution in [2.45, 2.75) is 12.8 Å². The number of nitrogens with zero attached hydrogens (tertiary/aromatic N) is 2. The van der Waals surface area contributed by atoms with Gasteiger partial charge in [-0.15, -0.1) is 0 Å². The summed E-state index contributed by atoms with van der Waals surface area (Å²) >= 11 is 0. The van der Waals surface area contributed by atoms with Gasteiger partial charge < -0.3 is 4.74 Å². The largest absolute Gasteiger partial charge is 0.491 e. The van der Waals surface area contributed by atoms with Crippen LogP contribution >= 0.6 is 0 Å². The van der Waals surface area contributed by atoms with E-state index in [1.54, 1.807) is 6.07 Å². The van der Waals surface area contributed by atoms with Gasteiger partial charge in [0, 0.05) is 18.9 Å². The molecule has 1 saturated heterocycles. The number of benzene rings is 1. The first-order valence-electron chi connectivity index (χ1n) is 5.94. The zero-order valence-electron chi connectivity index (χ0n) is 10.5. The number of carbonyl (C=O) groups is 2. The van der Waals surface area contributed by atoms with Crippen molar-refractivity contribution < 1.29 is 24.1 Å². The zero-order chi connectivity index (χ0) is 14.5. The Labute approximate surface area is 114 Å². The van der Waals surface area contributed by atoms with Crippen LogP contribution in [0.1, 0.15) is 12.8 Å². The van der Waals surface area contributed by atoms with Gasteiger partial charge in [0.05, 0.1) is 11.0 Å². The lowest BCUT2D eigenvalue weighted by Gasteiger charge is -2.13. The summed E-state index contributed by atoms with van der Waals surface area (Å²) in [4.78, 5) is 37.5. The standard InChI is InChI=1S/C12H12N2O6/c15-11-4-5-12(16)13(11)20-7-6-19-10-3-1-2-9(8-10)14(17)18/h1-3,8H,4-7H2. The molecule has 1 aromatic rings. The Morgan fingerprint density at radius 1 is 1.20 bits per heavy atom. The minimum absolute atomic E-state index is 0.000171. The summed E-state index contributed by atoms with van der Waals surface area (Å²) < 4.78 is 5.25. The molecule has 1 heterocycles. The van der Waals surface area contributed by atoms with E-state index < -0.39 is 4.92 Å². The summed E-state index contributed by atoms with van der Waals surface area (Å²) in [6, 6.07) is 5.71. The number of nitro benzene ring substituents is 1. The third-order valence-corrected chi connectivity index (χ3v) is 2.61. The van der Waals surface area contributed by atoms with Gasteiger partial charge in [0.2, 0.25) is 0 Å². The van der Waals surface area contributed by atoms with Gasteiger partial charge in [0.15, 0.2) is 0 Å². The smallest absolute Gasteiger partial charge is 0.273 e. The Morgan fingerprint density at radius 3 is 2.55 bits per heavy atom. The fourth-order valence-electron chi connectivity index (χ4n) is 1.67. The van der Waals surface area contributed by atoms with Gasteiger partial charge in [-0.3, -0.25) is 24.5 Å². The number of nitro groups is 1. The van der Waals surface area contributed by atoms with Crippen LogP contribution in [0.2, 0.25) is 0 Å². The fourth-order valence-corrected chi connectivity index (χ4v) is 1.67. The van der Waals surface area contributed by atoms with Crippen LogP contribution in [-0.4, -0.2) is 35.0 Å². The summed E-state index contributed by atoms with van der Waals surface area (Å²) in [5.41, 5.74) is -0.0756. The van der Waals surface area contributed by atoms with E-state index in [9.17, 15) is 19.7 Å². The molecule has 0 spiro atoms. The summed E-state index contributed by atoms with van der Waals surface area (Å²) in [5.74, 6) is -0.419. The van der Waals surface area contributed by atoms with Gasteiger partial charge in [0.25, 0.3) is 17.5 Å². The Bertz CT molecular complexity index is 529. The third kappa shape index (κ3) is 3.29. The van der Waals surface area contributed by atoms with E-state index in [4.69, 9.17) is 9.57 Å². The summed E-state index contributed by atoms with van der Waals surface area (Å²) in [5, 5.41) is 11.3. The van der Waals surface area contributed by atoms with Crippen molar-refractivity contribution in [3.63, 3.8) is 0 Å². The Hall–Kier alpha value is -2.48. The normalized spacial score (nSPS) is 14.7. The lowest BCUT2D eigenvalue weighted by molar-refractivity contribution is -0.384. The lowest BCUT2D eigenvalue weighted by Crippen LogP contribution is -2.30. The number of carbonyl (C=O) groups excluding carboxylic acids is 2. The number of hydrogen-bond donors (Lipinski definition) is 0. The molecule has 20 heavy (non-hydrogen) atoms. The van der Waals surface area contributed by atoms with E-state index >= 15 is 0 Å². The van der Waals surface area contributed by atoms with E-state index in [1.807, 2.05) is 0 Å². The van der Waals surface area contributed by atoms with Crippen LogP contribution in [0.15, 0.2) is 24.3 Å². The number of non-ortho nitro benzene ring substituents is 1. The molecule has 0 aliphatic carbocycles. The second kappa shape index (κ2) is 6.11. The Morgan fingerprint density at radius 2 is 1.90 bits per heavy atom. The molecule has 1 aliphatic rings. The molecule has 0 N–H and O–H groups in total. The van der Waals surface area contributed by atoms with E-state index in [0.717, 1.165) is 5.06 Å². The van der Waals surface area contributed by atoms with Crippen molar-refractivity contribution in [3.05, 3.63) is 34.4 Å². The molecule has 0 unspecified atom stereocenters. The monoisotopic (exact) mass is 280 g/mol. The quantitative estimate of drug-likeness (QED) is 0.334. The van der Waals surface area contributed by atoms with Gasteiger partial charge in [-0.1, -0.05) is 6.07 Å². The van der Waals surface area contributed by atoms with Crippen molar-refractivity contribution in [1.29, 1.82) is 0 Å². The first kappa shape index (κ1) is 13.9. The van der Waals surface area contributed by atoms with Crippen molar-refractivity contribution in [3.8, 4) is 5.75 Å². The number of ether oxygens (including phenoxy) is 1. The number of amides is 2. The molecule has 2 amide bonds. The van der Waals surface area contributed by atoms with Crippen LogP contribution in [0.5, 0.6) is 5.75 Å². The highest BCUT2D eigenvalue weighted by molar-refractivity contribution is 6.00. The van der Waals surface area contributed by atoms with Gasteiger partial charge in [-0.05, 0) is 6.07 Å². The average Bonchev–Trinajstić information content (AvgIpc) is 2.75. The van der Waals surface area contributed by atoms with Crippen LogP contribution < -0.4 is 4.74 Å². The second-order valence-electron chi connectivity index (χ2n) is 4.02. The molecule has 106 valence electrons. The molecule has 1 fully saturated rings. The highest BCUT2D eigenvalue weighted by Gasteiger charge is 2.29. The highest BCUT2D eigenvalue weighted by Crippen LogP contribution is 2.19. The van der Waals surface area contributed by atoms with Crippen LogP contribution in [0.3, 0.4) is 0 Å². The molecule has 2 rings (SSSR count). The topological polar surface area (TPSA) is 99.0 Å². The van der Waals surface area contributed by atoms with Crippen molar-refractivity contribution in [1.82, 2.24) is 5.06 Å². The predicted molar refractivity (Wildman–Crippen MR) is 65.6 cm³/mol.